The smallest absolute Gasteiger partial charge is 0.326 e. The second-order valence-electron chi connectivity index (χ2n) is 7.31. The first-order chi connectivity index (χ1) is 16.1. The number of nitrogens with one attached hydrogen (secondary N) is 4. The molecular formula is C19H30N6O7S2. The molecule has 15 heteroatoms. The van der Waals surface area contributed by atoms with E-state index in [1.54, 1.807) is 0 Å². The summed E-state index contributed by atoms with van der Waals surface area (Å²) in [4.78, 5) is 67.0. The van der Waals surface area contributed by atoms with E-state index in [-0.39, 0.29) is 25.0 Å². The number of aromatic nitrogens is 2. The highest BCUT2D eigenvalue weighted by Crippen LogP contribution is 2.06. The third-order valence-electron chi connectivity index (χ3n) is 4.65. The molecule has 1 heterocycles. The number of nitrogens with zero attached hydrogens (tertiary/aromatic N) is 1. The number of hydrogen-bond donors (Lipinski definition) is 8. The summed E-state index contributed by atoms with van der Waals surface area (Å²) in [5, 5.41) is 25.5. The summed E-state index contributed by atoms with van der Waals surface area (Å²) in [5.41, 5.74) is 6.15. The SMILES string of the molecule is CSCCC(NC(=O)C(N)CS)C(=O)NC(Cc1cnc[nH]1)C(=O)NC(CCC(=O)O)C(=O)O. The van der Waals surface area contributed by atoms with Crippen LogP contribution in [0.15, 0.2) is 12.5 Å². The van der Waals surface area contributed by atoms with Crippen molar-refractivity contribution in [3.05, 3.63) is 18.2 Å². The highest BCUT2D eigenvalue weighted by molar-refractivity contribution is 7.98. The zero-order valence-corrected chi connectivity index (χ0v) is 20.2. The molecule has 0 aliphatic rings. The molecule has 1 rings (SSSR count). The monoisotopic (exact) mass is 518 g/mol. The average molecular weight is 519 g/mol. The Hall–Kier alpha value is -2.78. The molecule has 190 valence electrons. The molecule has 8 N–H and O–H groups in total. The Kier molecular flexibility index (Phi) is 13.1. The molecule has 0 fully saturated rings. The van der Waals surface area contributed by atoms with Crippen molar-refractivity contribution < 1.29 is 34.2 Å². The largest absolute Gasteiger partial charge is 0.481 e. The first kappa shape index (κ1) is 29.3. The number of thiol groups is 1. The summed E-state index contributed by atoms with van der Waals surface area (Å²) < 4.78 is 0. The van der Waals surface area contributed by atoms with Crippen molar-refractivity contribution in [3.63, 3.8) is 0 Å². The van der Waals surface area contributed by atoms with Crippen molar-refractivity contribution in [2.45, 2.75) is 49.9 Å². The maximum absolute atomic E-state index is 13.0. The molecule has 0 radical (unpaired) electrons. The standard InChI is InChI=1S/C19H30N6O7S2/c1-34-5-4-12(23-16(28)11(20)8-33)17(29)25-14(6-10-7-21-9-22-10)18(30)24-13(19(31)32)2-3-15(26)27/h7,9,11-14,33H,2-6,8,20H2,1H3,(H,21,22)(H,23,28)(H,24,30)(H,25,29)(H,26,27)(H,31,32). The maximum atomic E-state index is 13.0. The zero-order valence-electron chi connectivity index (χ0n) is 18.5. The Morgan fingerprint density at radius 2 is 1.68 bits per heavy atom. The van der Waals surface area contributed by atoms with Gasteiger partial charge in [0.1, 0.15) is 18.1 Å². The van der Waals surface area contributed by atoms with Gasteiger partial charge in [0.05, 0.1) is 12.4 Å². The van der Waals surface area contributed by atoms with Crippen molar-refractivity contribution in [2.24, 2.45) is 5.73 Å². The predicted molar refractivity (Wildman–Crippen MR) is 127 cm³/mol. The van der Waals surface area contributed by atoms with Crippen molar-refractivity contribution in [1.82, 2.24) is 25.9 Å². The van der Waals surface area contributed by atoms with Gasteiger partial charge in [-0.15, -0.1) is 0 Å². The van der Waals surface area contributed by atoms with E-state index in [1.807, 2.05) is 6.26 Å². The topological polar surface area (TPSA) is 217 Å². The van der Waals surface area contributed by atoms with E-state index in [0.29, 0.717) is 11.4 Å². The fourth-order valence-corrected chi connectivity index (χ4v) is 3.40. The number of carboxylic acids is 2. The molecule has 13 nitrogen and oxygen atoms in total. The molecule has 1 aromatic rings. The number of imidazole rings is 1. The van der Waals surface area contributed by atoms with E-state index >= 15 is 0 Å². The molecule has 0 aromatic carbocycles. The van der Waals surface area contributed by atoms with Crippen LogP contribution in [-0.2, 0) is 30.4 Å². The third kappa shape index (κ3) is 10.4. The van der Waals surface area contributed by atoms with Gasteiger partial charge in [0.25, 0.3) is 0 Å². The van der Waals surface area contributed by atoms with E-state index in [4.69, 9.17) is 10.8 Å². The highest BCUT2D eigenvalue weighted by atomic mass is 32.2. The lowest BCUT2D eigenvalue weighted by Gasteiger charge is -2.25. The number of carboxylic acid groups (broad SMARTS) is 2. The Bertz CT molecular complexity index is 839. The number of aliphatic carboxylic acids is 2. The van der Waals surface area contributed by atoms with Crippen molar-refractivity contribution in [1.29, 1.82) is 0 Å². The summed E-state index contributed by atoms with van der Waals surface area (Å²) in [7, 11) is 0. The van der Waals surface area contributed by atoms with Gasteiger partial charge >= 0.3 is 11.9 Å². The molecule has 0 saturated carbocycles. The normalized spacial score (nSPS) is 14.3. The molecule has 0 aliphatic heterocycles. The van der Waals surface area contributed by atoms with Crippen LogP contribution in [0.5, 0.6) is 0 Å². The lowest BCUT2D eigenvalue weighted by molar-refractivity contribution is -0.143. The average Bonchev–Trinajstić information content (AvgIpc) is 3.30. The molecule has 0 aliphatic carbocycles. The minimum Gasteiger partial charge on any atom is -0.481 e. The van der Waals surface area contributed by atoms with Gasteiger partial charge in [-0.1, -0.05) is 0 Å². The van der Waals surface area contributed by atoms with E-state index < -0.39 is 60.2 Å². The Morgan fingerprint density at radius 3 is 2.21 bits per heavy atom. The third-order valence-corrected chi connectivity index (χ3v) is 5.69. The minimum atomic E-state index is -1.47. The fourth-order valence-electron chi connectivity index (χ4n) is 2.76. The highest BCUT2D eigenvalue weighted by Gasteiger charge is 2.30. The Balaban J connectivity index is 3.03. The van der Waals surface area contributed by atoms with E-state index in [1.165, 1.54) is 24.3 Å². The van der Waals surface area contributed by atoms with Gasteiger partial charge in [0.2, 0.25) is 17.7 Å². The lowest BCUT2D eigenvalue weighted by atomic mass is 10.1. The Morgan fingerprint density at radius 1 is 1.06 bits per heavy atom. The number of hydrogen-bond acceptors (Lipinski definition) is 9. The van der Waals surface area contributed by atoms with Crippen LogP contribution in [0.4, 0.5) is 0 Å². The van der Waals surface area contributed by atoms with Crippen molar-refractivity contribution in [2.75, 3.05) is 17.8 Å². The van der Waals surface area contributed by atoms with Crippen LogP contribution >= 0.6 is 24.4 Å². The van der Waals surface area contributed by atoms with Gasteiger partial charge in [-0.25, -0.2) is 9.78 Å². The molecule has 0 bridgehead atoms. The van der Waals surface area contributed by atoms with Crippen LogP contribution in [-0.4, -0.2) is 91.8 Å². The summed E-state index contributed by atoms with van der Waals surface area (Å²) in [6.07, 6.45) is 4.03. The number of nitrogens with two attached hydrogens (primary N) is 1. The summed E-state index contributed by atoms with van der Waals surface area (Å²) in [6.45, 7) is 0. The Labute approximate surface area is 205 Å². The van der Waals surface area contributed by atoms with Crippen LogP contribution in [0.3, 0.4) is 0 Å². The van der Waals surface area contributed by atoms with Gasteiger partial charge in [0, 0.05) is 30.5 Å². The second kappa shape index (κ2) is 15.2. The number of aromatic amines is 1. The lowest BCUT2D eigenvalue weighted by Crippen LogP contribution is -2.58. The van der Waals surface area contributed by atoms with E-state index in [2.05, 4.69) is 38.5 Å². The first-order valence-electron chi connectivity index (χ1n) is 10.3. The van der Waals surface area contributed by atoms with Crippen LogP contribution in [0.25, 0.3) is 0 Å². The zero-order chi connectivity index (χ0) is 25.7. The molecule has 34 heavy (non-hydrogen) atoms. The molecular weight excluding hydrogens is 488 g/mol. The predicted octanol–water partition coefficient (Wildman–Crippen LogP) is -1.63. The summed E-state index contributed by atoms with van der Waals surface area (Å²) in [5.74, 6) is -4.09. The van der Waals surface area contributed by atoms with Crippen LogP contribution in [0, 0.1) is 0 Å². The molecule has 0 saturated heterocycles. The molecule has 3 amide bonds. The fraction of sp³-hybridized carbons (Fsp3) is 0.579. The molecule has 0 spiro atoms. The van der Waals surface area contributed by atoms with Crippen molar-refractivity contribution >= 4 is 54.1 Å². The minimum absolute atomic E-state index is 0.0534. The van der Waals surface area contributed by atoms with Crippen LogP contribution < -0.4 is 21.7 Å². The second-order valence-corrected chi connectivity index (χ2v) is 8.66. The molecule has 4 atom stereocenters. The quantitative estimate of drug-likeness (QED) is 0.117. The number of carbonyl (C=O) groups is 5. The summed E-state index contributed by atoms with van der Waals surface area (Å²) in [6, 6.07) is -4.62. The first-order valence-corrected chi connectivity index (χ1v) is 12.3. The number of H-pyrrole nitrogens is 1. The van der Waals surface area contributed by atoms with Gasteiger partial charge in [-0.3, -0.25) is 19.2 Å². The van der Waals surface area contributed by atoms with Gasteiger partial charge < -0.3 is 36.9 Å². The van der Waals surface area contributed by atoms with E-state index in [9.17, 15) is 29.1 Å². The number of amides is 3. The van der Waals surface area contributed by atoms with Crippen LogP contribution in [0.2, 0.25) is 0 Å². The van der Waals surface area contributed by atoms with Crippen LogP contribution in [0.1, 0.15) is 25.0 Å². The number of thioether (sulfide) groups is 1. The van der Waals surface area contributed by atoms with E-state index in [0.717, 1.165) is 0 Å². The summed E-state index contributed by atoms with van der Waals surface area (Å²) >= 11 is 5.43. The number of rotatable bonds is 16. The van der Waals surface area contributed by atoms with Crippen molar-refractivity contribution in [3.8, 4) is 0 Å². The molecule has 4 unspecified atom stereocenters. The number of carbonyl (C=O) groups excluding carboxylic acids is 3. The van der Waals surface area contributed by atoms with Gasteiger partial charge in [0.15, 0.2) is 0 Å². The van der Waals surface area contributed by atoms with Gasteiger partial charge in [-0.05, 0) is 24.9 Å². The van der Waals surface area contributed by atoms with Gasteiger partial charge in [-0.2, -0.15) is 24.4 Å². The maximum Gasteiger partial charge on any atom is 0.326 e. The molecule has 1 aromatic heterocycles.